The zero-order valence-electron chi connectivity index (χ0n) is 15.0. The molecule has 142 valence electrons. The summed E-state index contributed by atoms with van der Waals surface area (Å²) < 4.78 is 6.87. The molecule has 0 saturated heterocycles. The third kappa shape index (κ3) is 4.15. The summed E-state index contributed by atoms with van der Waals surface area (Å²) in [5.41, 5.74) is 2.49. The molecular formula is C19H17N5O2S2. The van der Waals surface area contributed by atoms with Gasteiger partial charge in [-0.1, -0.05) is 30.0 Å². The number of amides is 1. The van der Waals surface area contributed by atoms with Crippen molar-refractivity contribution in [3.05, 3.63) is 59.5 Å². The minimum Gasteiger partial charge on any atom is -0.497 e. The van der Waals surface area contributed by atoms with E-state index < -0.39 is 0 Å². The van der Waals surface area contributed by atoms with E-state index in [0.29, 0.717) is 17.3 Å². The lowest BCUT2D eigenvalue weighted by molar-refractivity contribution is -0.118. The predicted molar refractivity (Wildman–Crippen MR) is 110 cm³/mol. The molecule has 0 aliphatic carbocycles. The summed E-state index contributed by atoms with van der Waals surface area (Å²) >= 11 is 2.93. The van der Waals surface area contributed by atoms with Crippen molar-refractivity contribution in [3.8, 4) is 16.3 Å². The number of thiophene rings is 1. The van der Waals surface area contributed by atoms with Crippen LogP contribution in [0.1, 0.15) is 5.56 Å². The summed E-state index contributed by atoms with van der Waals surface area (Å²) in [6.45, 7) is 0.442. The lowest BCUT2D eigenvalue weighted by Gasteiger charge is -2.06. The number of methoxy groups -OCH3 is 1. The average molecular weight is 412 g/mol. The quantitative estimate of drug-likeness (QED) is 0.470. The SMILES string of the molecule is COc1cccc(CNC(=O)CSc2nnc3ccc(-c4cccs4)nn23)c1. The molecule has 0 atom stereocenters. The molecule has 4 aromatic rings. The Morgan fingerprint density at radius 1 is 1.21 bits per heavy atom. The zero-order valence-corrected chi connectivity index (χ0v) is 16.7. The van der Waals surface area contributed by atoms with Crippen LogP contribution in [0.2, 0.25) is 0 Å². The van der Waals surface area contributed by atoms with Crippen LogP contribution in [0, 0.1) is 0 Å². The summed E-state index contributed by atoms with van der Waals surface area (Å²) in [5.74, 6) is 0.915. The molecule has 0 unspecified atom stereocenters. The van der Waals surface area contributed by atoms with E-state index in [4.69, 9.17) is 4.74 Å². The first-order valence-corrected chi connectivity index (χ1v) is 10.4. The molecule has 3 heterocycles. The first-order chi connectivity index (χ1) is 13.7. The molecule has 4 rings (SSSR count). The zero-order chi connectivity index (χ0) is 19.3. The van der Waals surface area contributed by atoms with Gasteiger partial charge >= 0.3 is 0 Å². The van der Waals surface area contributed by atoms with Gasteiger partial charge in [0.25, 0.3) is 0 Å². The number of hydrogen-bond donors (Lipinski definition) is 1. The first kappa shape index (κ1) is 18.5. The molecule has 1 amide bonds. The largest absolute Gasteiger partial charge is 0.497 e. The Bertz CT molecular complexity index is 1090. The van der Waals surface area contributed by atoms with Crippen LogP contribution < -0.4 is 10.1 Å². The van der Waals surface area contributed by atoms with Crippen LogP contribution in [0.5, 0.6) is 5.75 Å². The molecule has 0 aliphatic heterocycles. The van der Waals surface area contributed by atoms with Crippen molar-refractivity contribution in [2.45, 2.75) is 11.7 Å². The third-order valence-corrected chi connectivity index (χ3v) is 5.78. The van der Waals surface area contributed by atoms with Gasteiger partial charge in [-0.2, -0.15) is 9.61 Å². The number of benzene rings is 1. The Labute approximate surface area is 169 Å². The molecule has 28 heavy (non-hydrogen) atoms. The van der Waals surface area contributed by atoms with Gasteiger partial charge in [0.15, 0.2) is 5.65 Å². The number of thioether (sulfide) groups is 1. The van der Waals surface area contributed by atoms with E-state index in [0.717, 1.165) is 21.9 Å². The Hall–Kier alpha value is -2.91. The Balaban J connectivity index is 1.39. The summed E-state index contributed by atoms with van der Waals surface area (Å²) in [7, 11) is 1.62. The number of fused-ring (bicyclic) bond motifs is 1. The highest BCUT2D eigenvalue weighted by molar-refractivity contribution is 7.99. The number of aromatic nitrogens is 4. The van der Waals surface area contributed by atoms with Crippen molar-refractivity contribution in [1.82, 2.24) is 25.1 Å². The van der Waals surface area contributed by atoms with Gasteiger partial charge in [-0.15, -0.1) is 21.5 Å². The topological polar surface area (TPSA) is 81.4 Å². The highest BCUT2D eigenvalue weighted by Gasteiger charge is 2.12. The molecule has 0 spiro atoms. The Morgan fingerprint density at radius 3 is 2.96 bits per heavy atom. The van der Waals surface area contributed by atoms with Crippen LogP contribution in [-0.2, 0) is 11.3 Å². The molecule has 0 bridgehead atoms. The van der Waals surface area contributed by atoms with Gasteiger partial charge in [-0.05, 0) is 41.3 Å². The van der Waals surface area contributed by atoms with Crippen molar-refractivity contribution in [2.24, 2.45) is 0 Å². The van der Waals surface area contributed by atoms with Crippen LogP contribution in [0.25, 0.3) is 16.2 Å². The van der Waals surface area contributed by atoms with E-state index in [1.165, 1.54) is 11.8 Å². The molecule has 0 fully saturated rings. The number of rotatable bonds is 7. The minimum atomic E-state index is -0.0843. The molecule has 1 aromatic carbocycles. The summed E-state index contributed by atoms with van der Waals surface area (Å²) in [6.07, 6.45) is 0. The molecule has 9 heteroatoms. The molecule has 0 radical (unpaired) electrons. The van der Waals surface area contributed by atoms with Crippen LogP contribution in [0.4, 0.5) is 0 Å². The number of ether oxygens (including phenoxy) is 1. The van der Waals surface area contributed by atoms with Crippen molar-refractivity contribution in [3.63, 3.8) is 0 Å². The van der Waals surface area contributed by atoms with Crippen LogP contribution in [0.15, 0.2) is 59.1 Å². The first-order valence-electron chi connectivity index (χ1n) is 8.52. The lowest BCUT2D eigenvalue weighted by atomic mass is 10.2. The van der Waals surface area contributed by atoms with E-state index in [1.807, 2.05) is 53.9 Å². The normalized spacial score (nSPS) is 10.9. The second kappa shape index (κ2) is 8.41. The van der Waals surface area contributed by atoms with E-state index in [-0.39, 0.29) is 11.7 Å². The standard InChI is InChI=1S/C19H17N5O2S2/c1-26-14-5-2-4-13(10-14)11-20-18(25)12-28-19-22-21-17-8-7-15(23-24(17)19)16-6-3-9-27-16/h2-10H,11-12H2,1H3,(H,20,25). The number of carbonyl (C=O) groups is 1. The van der Waals surface area contributed by atoms with Crippen LogP contribution >= 0.6 is 23.1 Å². The highest BCUT2D eigenvalue weighted by atomic mass is 32.2. The summed E-state index contributed by atoms with van der Waals surface area (Å²) in [5, 5.41) is 18.4. The third-order valence-electron chi connectivity index (χ3n) is 3.96. The van der Waals surface area contributed by atoms with Crippen LogP contribution in [0.3, 0.4) is 0 Å². The van der Waals surface area contributed by atoms with Gasteiger partial charge in [0, 0.05) is 6.54 Å². The Morgan fingerprint density at radius 2 is 2.14 bits per heavy atom. The number of hydrogen-bond acceptors (Lipinski definition) is 7. The maximum atomic E-state index is 12.2. The van der Waals surface area contributed by atoms with Crippen LogP contribution in [-0.4, -0.2) is 38.6 Å². The second-order valence-corrected chi connectivity index (χ2v) is 7.76. The average Bonchev–Trinajstić information content (AvgIpc) is 3.40. The van der Waals surface area contributed by atoms with Gasteiger partial charge < -0.3 is 10.1 Å². The number of nitrogens with one attached hydrogen (secondary N) is 1. The van der Waals surface area contributed by atoms with Crippen molar-refractivity contribution < 1.29 is 9.53 Å². The molecule has 7 nitrogen and oxygen atoms in total. The van der Waals surface area contributed by atoms with Gasteiger partial charge in [0.2, 0.25) is 11.1 Å². The smallest absolute Gasteiger partial charge is 0.230 e. The monoisotopic (exact) mass is 411 g/mol. The highest BCUT2D eigenvalue weighted by Crippen LogP contribution is 2.24. The van der Waals surface area contributed by atoms with Gasteiger partial charge in [0.05, 0.1) is 17.7 Å². The van der Waals surface area contributed by atoms with Gasteiger partial charge in [-0.3, -0.25) is 4.79 Å². The number of carbonyl (C=O) groups excluding carboxylic acids is 1. The fourth-order valence-electron chi connectivity index (χ4n) is 2.58. The van der Waals surface area contributed by atoms with E-state index in [1.54, 1.807) is 23.0 Å². The molecule has 3 aromatic heterocycles. The lowest BCUT2D eigenvalue weighted by Crippen LogP contribution is -2.24. The number of nitrogens with zero attached hydrogens (tertiary/aromatic N) is 4. The molecule has 0 aliphatic rings. The second-order valence-electron chi connectivity index (χ2n) is 5.87. The van der Waals surface area contributed by atoms with Gasteiger partial charge in [0.1, 0.15) is 11.4 Å². The van der Waals surface area contributed by atoms with E-state index in [9.17, 15) is 4.79 Å². The maximum absolute atomic E-state index is 12.2. The minimum absolute atomic E-state index is 0.0843. The summed E-state index contributed by atoms with van der Waals surface area (Å²) in [6, 6.07) is 15.4. The van der Waals surface area contributed by atoms with E-state index in [2.05, 4.69) is 20.6 Å². The summed E-state index contributed by atoms with van der Waals surface area (Å²) in [4.78, 5) is 13.3. The molecule has 1 N–H and O–H groups in total. The van der Waals surface area contributed by atoms with Gasteiger partial charge in [-0.25, -0.2) is 0 Å². The van der Waals surface area contributed by atoms with Crippen molar-refractivity contribution in [1.29, 1.82) is 0 Å². The van der Waals surface area contributed by atoms with Crippen molar-refractivity contribution in [2.75, 3.05) is 12.9 Å². The Kier molecular flexibility index (Phi) is 5.54. The van der Waals surface area contributed by atoms with Crippen molar-refractivity contribution >= 4 is 34.7 Å². The fourth-order valence-corrected chi connectivity index (χ4v) is 3.99. The fraction of sp³-hybridized carbons (Fsp3) is 0.158. The predicted octanol–water partition coefficient (Wildman–Crippen LogP) is 3.27. The maximum Gasteiger partial charge on any atom is 0.230 e. The molecular weight excluding hydrogens is 394 g/mol. The van der Waals surface area contributed by atoms with E-state index >= 15 is 0 Å². The molecule has 0 saturated carbocycles.